The molecule has 0 spiro atoms. The van der Waals surface area contributed by atoms with E-state index in [9.17, 15) is 5.26 Å². The fraction of sp³-hybridized carbons (Fsp3) is 0.529. The predicted octanol–water partition coefficient (Wildman–Crippen LogP) is 0.480. The van der Waals surface area contributed by atoms with Crippen LogP contribution < -0.4 is 21.4 Å². The zero-order valence-corrected chi connectivity index (χ0v) is 13.2. The van der Waals surface area contributed by atoms with Crippen LogP contribution in [-0.2, 0) is 0 Å². The average Bonchev–Trinajstić information content (AvgIpc) is 3.32. The fourth-order valence-electron chi connectivity index (χ4n) is 4.00. The number of hydrazine groups is 1. The van der Waals surface area contributed by atoms with Gasteiger partial charge >= 0.3 is 0 Å². The number of fused-ring (bicyclic) bond motifs is 1. The molecule has 3 heterocycles. The topological polar surface area (TPSA) is 79.2 Å². The maximum atomic E-state index is 9.22. The van der Waals surface area contributed by atoms with Crippen molar-refractivity contribution in [2.45, 2.75) is 38.1 Å². The first-order valence-corrected chi connectivity index (χ1v) is 8.43. The van der Waals surface area contributed by atoms with Gasteiger partial charge in [0.05, 0.1) is 24.2 Å². The maximum Gasteiger partial charge on any atom is 0.136 e. The van der Waals surface area contributed by atoms with E-state index in [4.69, 9.17) is 0 Å². The summed E-state index contributed by atoms with van der Waals surface area (Å²) in [7, 11) is 0. The smallest absolute Gasteiger partial charge is 0.136 e. The third-order valence-electron chi connectivity index (χ3n) is 5.16. The minimum atomic E-state index is 0.277. The number of aromatic amines is 1. The number of rotatable bonds is 4. The average molecular weight is 310 g/mol. The molecule has 1 saturated carbocycles. The first kappa shape index (κ1) is 14.3. The van der Waals surface area contributed by atoms with Crippen LogP contribution in [0.3, 0.4) is 0 Å². The van der Waals surface area contributed by atoms with Crippen LogP contribution in [0.15, 0.2) is 29.0 Å². The number of nitrogens with zero attached hydrogens (tertiary/aromatic N) is 3. The van der Waals surface area contributed by atoms with E-state index in [1.807, 2.05) is 6.20 Å². The maximum absolute atomic E-state index is 9.22. The second-order valence-corrected chi connectivity index (χ2v) is 6.48. The lowest BCUT2D eigenvalue weighted by molar-refractivity contribution is 0.163. The van der Waals surface area contributed by atoms with Crippen molar-refractivity contribution in [2.24, 2.45) is 10.9 Å². The van der Waals surface area contributed by atoms with Gasteiger partial charge in [-0.1, -0.05) is 12.8 Å². The molecule has 0 radical (unpaired) electrons. The molecule has 1 aromatic heterocycles. The first-order chi connectivity index (χ1) is 11.4. The molecule has 0 bridgehead atoms. The number of nitriles is 1. The lowest BCUT2D eigenvalue weighted by Gasteiger charge is -2.30. The van der Waals surface area contributed by atoms with E-state index in [0.717, 1.165) is 22.9 Å². The molecule has 0 saturated heterocycles. The van der Waals surface area contributed by atoms with Crippen LogP contribution in [0.1, 0.15) is 32.1 Å². The quantitative estimate of drug-likeness (QED) is 0.756. The number of hydrogen-bond donors (Lipinski definition) is 3. The molecule has 1 aromatic rings. The molecule has 1 fully saturated rings. The summed E-state index contributed by atoms with van der Waals surface area (Å²) in [5, 5.41) is 15.9. The molecular formula is C17H22N6. The highest BCUT2D eigenvalue weighted by molar-refractivity contribution is 5.63. The lowest BCUT2D eigenvalue weighted by atomic mass is 9.95. The molecule has 0 unspecified atom stereocenters. The van der Waals surface area contributed by atoms with E-state index >= 15 is 0 Å². The Morgan fingerprint density at radius 1 is 1.39 bits per heavy atom. The molecule has 2 aliphatic heterocycles. The van der Waals surface area contributed by atoms with E-state index in [2.05, 4.69) is 44.1 Å². The second kappa shape index (κ2) is 6.09. The van der Waals surface area contributed by atoms with Gasteiger partial charge < -0.3 is 15.3 Å². The Bertz CT molecular complexity index is 762. The zero-order valence-electron chi connectivity index (χ0n) is 13.2. The molecule has 6 nitrogen and oxygen atoms in total. The molecule has 4 rings (SSSR count). The fourth-order valence-corrected chi connectivity index (χ4v) is 4.00. The van der Waals surface area contributed by atoms with Gasteiger partial charge in [0.15, 0.2) is 0 Å². The van der Waals surface area contributed by atoms with Crippen LogP contribution in [0, 0.1) is 17.2 Å². The predicted molar refractivity (Wildman–Crippen MR) is 86.9 cm³/mol. The second-order valence-electron chi connectivity index (χ2n) is 6.48. The van der Waals surface area contributed by atoms with Gasteiger partial charge in [0, 0.05) is 29.7 Å². The monoisotopic (exact) mass is 310 g/mol. The molecule has 1 aliphatic carbocycles. The summed E-state index contributed by atoms with van der Waals surface area (Å²) in [6.45, 7) is 1.39. The Balaban J connectivity index is 1.63. The van der Waals surface area contributed by atoms with Crippen molar-refractivity contribution in [3.8, 4) is 6.07 Å². The van der Waals surface area contributed by atoms with Gasteiger partial charge in [0.2, 0.25) is 0 Å². The molecule has 3 N–H and O–H groups in total. The summed E-state index contributed by atoms with van der Waals surface area (Å²) >= 11 is 0. The summed E-state index contributed by atoms with van der Waals surface area (Å²) < 4.78 is 0. The highest BCUT2D eigenvalue weighted by atomic mass is 15.5. The summed E-state index contributed by atoms with van der Waals surface area (Å²) in [5.74, 6) is 0.625. The number of aromatic nitrogens is 1. The highest BCUT2D eigenvalue weighted by Crippen LogP contribution is 2.32. The minimum Gasteiger partial charge on any atom is -0.365 e. The summed E-state index contributed by atoms with van der Waals surface area (Å²) in [6, 6.07) is 4.71. The molecular weight excluding hydrogens is 288 g/mol. The molecule has 1 atom stereocenters. The van der Waals surface area contributed by atoms with Crippen LogP contribution >= 0.6 is 0 Å². The highest BCUT2D eigenvalue weighted by Gasteiger charge is 2.31. The standard InChI is InChI=1S/C17H22N6/c18-7-5-15(12-3-1-2-4-12)23-10-13(9-22-23)16-14-6-8-19-17(14)21-11-20-16/h6,8,10,12,15,20,22H,1-5,9,11H2,(H,19,21)/t15-/m1/s1. The summed E-state index contributed by atoms with van der Waals surface area (Å²) in [5.41, 5.74) is 6.81. The van der Waals surface area contributed by atoms with E-state index in [-0.39, 0.29) is 6.04 Å². The van der Waals surface area contributed by atoms with Gasteiger partial charge in [-0.2, -0.15) is 5.26 Å². The largest absolute Gasteiger partial charge is 0.365 e. The van der Waals surface area contributed by atoms with Crippen LogP contribution in [0.25, 0.3) is 5.70 Å². The van der Waals surface area contributed by atoms with E-state index in [0.29, 0.717) is 19.0 Å². The van der Waals surface area contributed by atoms with E-state index in [1.165, 1.54) is 31.3 Å². The summed E-state index contributed by atoms with van der Waals surface area (Å²) in [4.78, 5) is 7.61. The third-order valence-corrected chi connectivity index (χ3v) is 5.16. The van der Waals surface area contributed by atoms with E-state index < -0.39 is 0 Å². The SMILES string of the molecule is N#CC[C@H](C1CCCC1)N1C=C(C2=c3cc[nH]c3=NCN2)CN1. The molecule has 3 aliphatic rings. The number of H-pyrrole nitrogens is 1. The Morgan fingerprint density at radius 2 is 2.26 bits per heavy atom. The molecule has 6 heteroatoms. The molecule has 0 aromatic carbocycles. The van der Waals surface area contributed by atoms with Crippen LogP contribution in [0.2, 0.25) is 0 Å². The van der Waals surface area contributed by atoms with Crippen LogP contribution in [0.4, 0.5) is 0 Å². The van der Waals surface area contributed by atoms with Crippen molar-refractivity contribution in [3.05, 3.63) is 34.7 Å². The molecule has 0 amide bonds. The molecule has 120 valence electrons. The van der Waals surface area contributed by atoms with Gasteiger partial charge in [-0.15, -0.1) is 0 Å². The van der Waals surface area contributed by atoms with Gasteiger partial charge in [-0.25, -0.2) is 10.4 Å². The first-order valence-electron chi connectivity index (χ1n) is 8.43. The minimum absolute atomic E-state index is 0.277. The zero-order chi connectivity index (χ0) is 15.6. The van der Waals surface area contributed by atoms with E-state index in [1.54, 1.807) is 0 Å². The Kier molecular flexibility index (Phi) is 3.80. The van der Waals surface area contributed by atoms with Crippen molar-refractivity contribution in [1.82, 2.24) is 20.7 Å². The Hall–Kier alpha value is -2.26. The normalized spacial score (nSPS) is 22.1. The van der Waals surface area contributed by atoms with Gasteiger partial charge in [0.1, 0.15) is 12.2 Å². The molecule has 23 heavy (non-hydrogen) atoms. The van der Waals surface area contributed by atoms with Crippen LogP contribution in [-0.4, -0.2) is 29.2 Å². The Morgan fingerprint density at radius 3 is 3.09 bits per heavy atom. The van der Waals surface area contributed by atoms with Crippen molar-refractivity contribution in [2.75, 3.05) is 13.2 Å². The number of nitrogens with one attached hydrogen (secondary N) is 3. The number of hydrogen-bond acceptors (Lipinski definition) is 5. The lowest BCUT2D eigenvalue weighted by Crippen LogP contribution is -2.42. The van der Waals surface area contributed by atoms with Crippen molar-refractivity contribution in [1.29, 1.82) is 5.26 Å². The third kappa shape index (κ3) is 2.62. The van der Waals surface area contributed by atoms with Gasteiger partial charge in [-0.3, -0.25) is 0 Å². The van der Waals surface area contributed by atoms with Crippen LogP contribution in [0.5, 0.6) is 0 Å². The van der Waals surface area contributed by atoms with Gasteiger partial charge in [0.25, 0.3) is 0 Å². The van der Waals surface area contributed by atoms with Crippen molar-refractivity contribution in [3.63, 3.8) is 0 Å². The van der Waals surface area contributed by atoms with Gasteiger partial charge in [-0.05, 0) is 24.8 Å². The van der Waals surface area contributed by atoms with Crippen molar-refractivity contribution < 1.29 is 0 Å². The Labute approximate surface area is 135 Å². The summed E-state index contributed by atoms with van der Waals surface area (Å²) in [6.07, 6.45) is 9.76. The van der Waals surface area contributed by atoms with Crippen molar-refractivity contribution >= 4 is 5.70 Å².